The first-order valence-electron chi connectivity index (χ1n) is 11.0. The normalized spacial score (nSPS) is 15.8. The van der Waals surface area contributed by atoms with Crippen LogP contribution in [0.25, 0.3) is 11.1 Å². The maximum atomic E-state index is 13.3. The Kier molecular flexibility index (Phi) is 6.75. The van der Waals surface area contributed by atoms with Crippen LogP contribution >= 0.6 is 11.6 Å². The lowest BCUT2D eigenvalue weighted by molar-refractivity contribution is -0.134. The molecule has 1 saturated heterocycles. The number of carbonyl (C=O) groups is 1. The minimum absolute atomic E-state index is 0.0708. The van der Waals surface area contributed by atoms with Gasteiger partial charge in [-0.2, -0.15) is 4.72 Å². The van der Waals surface area contributed by atoms with Crippen molar-refractivity contribution in [2.24, 2.45) is 13.0 Å². The number of aryl methyl sites for hydroxylation is 1. The van der Waals surface area contributed by atoms with Crippen molar-refractivity contribution in [3.05, 3.63) is 58.0 Å². The van der Waals surface area contributed by atoms with Crippen LogP contribution in [0.1, 0.15) is 13.8 Å². The van der Waals surface area contributed by atoms with Crippen molar-refractivity contribution >= 4 is 44.3 Å². The summed E-state index contributed by atoms with van der Waals surface area (Å²) in [7, 11) is -2.49. The largest absolute Gasteiger partial charge is 0.419 e. The Morgan fingerprint density at radius 1 is 1.09 bits per heavy atom. The topological polar surface area (TPSA) is 105 Å². The number of sulfonamides is 1. The number of amides is 1. The van der Waals surface area contributed by atoms with E-state index in [-0.39, 0.29) is 22.3 Å². The molecule has 3 aromatic rings. The van der Waals surface area contributed by atoms with Gasteiger partial charge in [-0.05, 0) is 36.2 Å². The van der Waals surface area contributed by atoms with Crippen molar-refractivity contribution in [2.45, 2.75) is 24.8 Å². The maximum absolute atomic E-state index is 13.3. The number of benzene rings is 2. The second kappa shape index (κ2) is 9.44. The van der Waals surface area contributed by atoms with Crippen molar-refractivity contribution in [3.63, 3.8) is 0 Å². The van der Waals surface area contributed by atoms with Crippen molar-refractivity contribution in [2.75, 3.05) is 31.1 Å². The molecule has 0 bridgehead atoms. The van der Waals surface area contributed by atoms with Gasteiger partial charge in [-0.3, -0.25) is 9.36 Å². The average molecular weight is 507 g/mol. The molecule has 1 aromatic heterocycles. The predicted octanol–water partition coefficient (Wildman–Crippen LogP) is 2.44. The van der Waals surface area contributed by atoms with Crippen molar-refractivity contribution in [3.8, 4) is 0 Å². The molecule has 0 aliphatic carbocycles. The Morgan fingerprint density at radius 2 is 1.79 bits per heavy atom. The number of oxazole rings is 1. The second-order valence-electron chi connectivity index (χ2n) is 8.69. The van der Waals surface area contributed by atoms with Gasteiger partial charge in [0, 0.05) is 50.0 Å². The molecule has 0 radical (unpaired) electrons. The van der Waals surface area contributed by atoms with Crippen LogP contribution < -0.4 is 15.4 Å². The minimum Gasteiger partial charge on any atom is -0.408 e. The predicted molar refractivity (Wildman–Crippen MR) is 131 cm³/mol. The van der Waals surface area contributed by atoms with E-state index in [2.05, 4.69) is 9.62 Å². The third-order valence-electron chi connectivity index (χ3n) is 6.05. The molecule has 4 rings (SSSR count). The molecule has 1 atom stereocenters. The quantitative estimate of drug-likeness (QED) is 0.550. The average Bonchev–Trinajstić information content (AvgIpc) is 3.10. The van der Waals surface area contributed by atoms with Gasteiger partial charge >= 0.3 is 5.76 Å². The number of piperazine rings is 1. The molecule has 9 nitrogen and oxygen atoms in total. The van der Waals surface area contributed by atoms with Crippen LogP contribution in [-0.4, -0.2) is 56.0 Å². The fourth-order valence-corrected chi connectivity index (χ4v) is 5.58. The second-order valence-corrected chi connectivity index (χ2v) is 10.8. The minimum atomic E-state index is -4.04. The maximum Gasteiger partial charge on any atom is 0.419 e. The molecule has 1 amide bonds. The van der Waals surface area contributed by atoms with E-state index in [0.717, 1.165) is 5.69 Å². The molecule has 182 valence electrons. The highest BCUT2D eigenvalue weighted by molar-refractivity contribution is 7.89. The summed E-state index contributed by atoms with van der Waals surface area (Å²) >= 11 is 6.09. The molecule has 2 heterocycles. The van der Waals surface area contributed by atoms with E-state index in [0.29, 0.717) is 36.7 Å². The summed E-state index contributed by atoms with van der Waals surface area (Å²) in [5, 5.41) is 0.651. The van der Waals surface area contributed by atoms with E-state index >= 15 is 0 Å². The van der Waals surface area contributed by atoms with Gasteiger partial charge in [-0.15, -0.1) is 0 Å². The van der Waals surface area contributed by atoms with Crippen molar-refractivity contribution in [1.29, 1.82) is 0 Å². The van der Waals surface area contributed by atoms with Crippen molar-refractivity contribution < 1.29 is 17.6 Å². The number of aromatic nitrogens is 1. The van der Waals surface area contributed by atoms with Gasteiger partial charge in [0.1, 0.15) is 6.04 Å². The number of fused-ring (bicyclic) bond motifs is 1. The number of hydrogen-bond donors (Lipinski definition) is 1. The van der Waals surface area contributed by atoms with Gasteiger partial charge < -0.3 is 14.2 Å². The summed E-state index contributed by atoms with van der Waals surface area (Å²) in [6.07, 6.45) is 0. The first-order valence-corrected chi connectivity index (χ1v) is 12.8. The summed E-state index contributed by atoms with van der Waals surface area (Å²) in [6, 6.07) is 10.8. The molecule has 1 N–H and O–H groups in total. The van der Waals surface area contributed by atoms with Crippen LogP contribution in [0.2, 0.25) is 5.02 Å². The third-order valence-corrected chi connectivity index (χ3v) is 7.73. The molecule has 0 spiro atoms. The van der Waals surface area contributed by atoms with Gasteiger partial charge in [0.25, 0.3) is 0 Å². The van der Waals surface area contributed by atoms with Crippen LogP contribution in [0.15, 0.2) is 56.6 Å². The Balaban J connectivity index is 1.48. The van der Waals surface area contributed by atoms with Crippen LogP contribution in [0.4, 0.5) is 5.69 Å². The van der Waals surface area contributed by atoms with Gasteiger partial charge in [-0.25, -0.2) is 13.2 Å². The summed E-state index contributed by atoms with van der Waals surface area (Å²) in [6.45, 7) is 5.77. The number of hydrogen-bond acceptors (Lipinski definition) is 6. The van der Waals surface area contributed by atoms with Crippen LogP contribution in [0.5, 0.6) is 0 Å². The van der Waals surface area contributed by atoms with E-state index in [1.54, 1.807) is 25.8 Å². The Hall–Kier alpha value is -2.82. The van der Waals surface area contributed by atoms with Crippen LogP contribution in [0.3, 0.4) is 0 Å². The zero-order chi connectivity index (χ0) is 24.6. The van der Waals surface area contributed by atoms with Crippen LogP contribution in [-0.2, 0) is 21.9 Å². The fraction of sp³-hybridized carbons (Fsp3) is 0.391. The number of nitrogens with zero attached hydrogens (tertiary/aromatic N) is 3. The van der Waals surface area contributed by atoms with E-state index in [9.17, 15) is 18.0 Å². The lowest BCUT2D eigenvalue weighted by atomic mass is 10.0. The summed E-state index contributed by atoms with van der Waals surface area (Å²) in [5.74, 6) is -1.12. The highest BCUT2D eigenvalue weighted by atomic mass is 35.5. The zero-order valence-corrected chi connectivity index (χ0v) is 20.8. The highest BCUT2D eigenvalue weighted by Crippen LogP contribution is 2.22. The Bertz CT molecular complexity index is 1370. The fourth-order valence-electron chi connectivity index (χ4n) is 4.04. The van der Waals surface area contributed by atoms with Gasteiger partial charge in [0.2, 0.25) is 15.9 Å². The molecule has 1 aliphatic heterocycles. The summed E-state index contributed by atoms with van der Waals surface area (Å²) in [4.78, 5) is 28.8. The van der Waals surface area contributed by atoms with E-state index < -0.39 is 21.8 Å². The number of rotatable bonds is 6. The number of halogens is 1. The standard InChI is InChI=1S/C23H27ClN4O5S/c1-15(2)21(22(29)28-11-9-27(10-12-28)17-6-4-5-16(24)13-17)25-34(31,32)18-7-8-19-20(14-18)33-23(30)26(19)3/h4-8,13-15,21,25H,9-12H2,1-3H3. The monoisotopic (exact) mass is 506 g/mol. The van der Waals surface area contributed by atoms with Gasteiger partial charge in [-0.1, -0.05) is 31.5 Å². The van der Waals surface area contributed by atoms with E-state index in [1.165, 1.54) is 22.8 Å². The smallest absolute Gasteiger partial charge is 0.408 e. The molecule has 1 fully saturated rings. The lowest BCUT2D eigenvalue weighted by Crippen LogP contribution is -2.56. The highest BCUT2D eigenvalue weighted by Gasteiger charge is 2.33. The third kappa shape index (κ3) is 4.84. The summed E-state index contributed by atoms with van der Waals surface area (Å²) in [5.41, 5.74) is 1.64. The van der Waals surface area contributed by atoms with Crippen molar-refractivity contribution in [1.82, 2.24) is 14.2 Å². The van der Waals surface area contributed by atoms with Gasteiger partial charge in [0.05, 0.1) is 10.4 Å². The lowest BCUT2D eigenvalue weighted by Gasteiger charge is -2.38. The molecular formula is C23H27ClN4O5S. The molecule has 11 heteroatoms. The molecule has 1 aliphatic rings. The molecular weight excluding hydrogens is 480 g/mol. The van der Waals surface area contributed by atoms with E-state index in [4.69, 9.17) is 16.0 Å². The Morgan fingerprint density at radius 3 is 2.44 bits per heavy atom. The number of nitrogens with one attached hydrogen (secondary N) is 1. The molecule has 2 aromatic carbocycles. The SMILES string of the molecule is CC(C)C(NS(=O)(=O)c1ccc2c(c1)oc(=O)n2C)C(=O)N1CCN(c2cccc(Cl)c2)CC1. The molecule has 0 saturated carbocycles. The zero-order valence-electron chi connectivity index (χ0n) is 19.2. The molecule has 34 heavy (non-hydrogen) atoms. The first kappa shape index (κ1) is 24.3. The van der Waals surface area contributed by atoms with E-state index in [1.807, 2.05) is 24.3 Å². The number of carbonyl (C=O) groups excluding carboxylic acids is 1. The number of anilines is 1. The molecule has 1 unspecified atom stereocenters. The summed E-state index contributed by atoms with van der Waals surface area (Å²) < 4.78 is 35.2. The van der Waals surface area contributed by atoms with Gasteiger partial charge in [0.15, 0.2) is 5.58 Å². The van der Waals surface area contributed by atoms with Crippen LogP contribution in [0, 0.1) is 5.92 Å². The Labute approximate surface area is 202 Å². The first-order chi connectivity index (χ1) is 16.1.